The molecule has 0 radical (unpaired) electrons. The molecule has 9 nitrogen and oxygen atoms in total. The summed E-state index contributed by atoms with van der Waals surface area (Å²) >= 11 is 0. The minimum absolute atomic E-state index is 0. The van der Waals surface area contributed by atoms with Gasteiger partial charge in [0.2, 0.25) is 0 Å². The first-order valence-electron chi connectivity index (χ1n) is 20.1. The first-order valence-corrected chi connectivity index (χ1v) is 23.6. The Kier molecular flexibility index (Phi) is 9.96. The minimum atomic E-state index is -1.74. The fraction of sp³-hybridized carbons (Fsp3) is 0.140. The van der Waals surface area contributed by atoms with Gasteiger partial charge in [-0.2, -0.15) is 4.52 Å². The van der Waals surface area contributed by atoms with Crippen LogP contribution >= 0.6 is 0 Å². The maximum absolute atomic E-state index is 11.9. The SMILES string of the molecule is CC(C)(C)c1cc(-c2cc(-c3ccccc3)ccn2)[c-]c(-c2cccc3c2nc(-c2c(O)ccc4c2oc2nnnn24)n3-c2ccc([Si](C)(C)C)cc2-c2ccccc2)c1.[Pt]. The predicted molar refractivity (Wildman–Crippen MR) is 242 cm³/mol. The van der Waals surface area contributed by atoms with Crippen LogP contribution < -0.4 is 5.19 Å². The molecule has 0 atom stereocenters. The van der Waals surface area contributed by atoms with Crippen molar-refractivity contribution < 1.29 is 30.6 Å². The number of para-hydroxylation sites is 1. The molecule has 0 unspecified atom stereocenters. The topological polar surface area (TPSA) is 107 Å². The second kappa shape index (κ2) is 15.2. The van der Waals surface area contributed by atoms with Gasteiger partial charge >= 0.3 is 5.84 Å². The van der Waals surface area contributed by atoms with Crippen molar-refractivity contribution in [2.24, 2.45) is 0 Å². The molecule has 61 heavy (non-hydrogen) atoms. The number of benzene rings is 6. The van der Waals surface area contributed by atoms with Crippen molar-refractivity contribution in [1.29, 1.82) is 0 Å². The minimum Gasteiger partial charge on any atom is -0.507 e. The molecule has 4 aromatic heterocycles. The van der Waals surface area contributed by atoms with Crippen LogP contribution in [-0.4, -0.2) is 47.8 Å². The number of hydrogen-bond acceptors (Lipinski definition) is 7. The van der Waals surface area contributed by atoms with Gasteiger partial charge in [0, 0.05) is 38.5 Å². The molecule has 0 amide bonds. The molecule has 304 valence electrons. The van der Waals surface area contributed by atoms with E-state index in [9.17, 15) is 5.11 Å². The molecule has 0 fully saturated rings. The molecule has 1 N–H and O–H groups in total. The number of nitrogens with zero attached hydrogens (tertiary/aromatic N) is 7. The van der Waals surface area contributed by atoms with Crippen LogP contribution in [0.15, 0.2) is 144 Å². The third-order valence-electron chi connectivity index (χ3n) is 11.2. The van der Waals surface area contributed by atoms with Crippen molar-refractivity contribution >= 4 is 41.2 Å². The molecule has 6 aromatic carbocycles. The molecule has 0 saturated heterocycles. The normalized spacial score (nSPS) is 12.0. The third-order valence-corrected chi connectivity index (χ3v) is 13.3. The fourth-order valence-electron chi connectivity index (χ4n) is 7.98. The summed E-state index contributed by atoms with van der Waals surface area (Å²) in [5, 5.41) is 25.2. The summed E-state index contributed by atoms with van der Waals surface area (Å²) in [5.74, 6) is 0.738. The zero-order valence-electron chi connectivity index (χ0n) is 34.6. The molecule has 0 aliphatic rings. The molecule has 10 rings (SSSR count). The van der Waals surface area contributed by atoms with Crippen molar-refractivity contribution in [2.75, 3.05) is 0 Å². The molecular weight excluding hydrogens is 954 g/mol. The number of hydrogen-bond donors (Lipinski definition) is 1. The summed E-state index contributed by atoms with van der Waals surface area (Å²) in [5.41, 5.74) is 12.8. The number of fused-ring (bicyclic) bond motifs is 4. The van der Waals surface area contributed by atoms with Crippen molar-refractivity contribution in [1.82, 2.24) is 34.6 Å². The Hall–Kier alpha value is -6.48. The van der Waals surface area contributed by atoms with E-state index in [-0.39, 0.29) is 38.1 Å². The van der Waals surface area contributed by atoms with Gasteiger partial charge < -0.3 is 9.52 Å². The van der Waals surface area contributed by atoms with Crippen molar-refractivity contribution in [3.8, 4) is 67.5 Å². The molecule has 0 aliphatic heterocycles. The summed E-state index contributed by atoms with van der Waals surface area (Å²) in [6.45, 7) is 13.8. The quantitative estimate of drug-likeness (QED) is 0.125. The Bertz CT molecular complexity index is 3250. The Morgan fingerprint density at radius 1 is 0.705 bits per heavy atom. The van der Waals surface area contributed by atoms with Gasteiger partial charge in [0.1, 0.15) is 16.8 Å². The number of imidazole rings is 1. The first-order chi connectivity index (χ1) is 28.9. The summed E-state index contributed by atoms with van der Waals surface area (Å²) in [4.78, 5) is 10.4. The van der Waals surface area contributed by atoms with E-state index in [4.69, 9.17) is 14.4 Å². The summed E-state index contributed by atoms with van der Waals surface area (Å²) in [6.07, 6.45) is 1.87. The van der Waals surface area contributed by atoms with Crippen LogP contribution in [0.5, 0.6) is 5.75 Å². The van der Waals surface area contributed by atoms with Gasteiger partial charge in [0.15, 0.2) is 11.4 Å². The molecular formula is C50H42N7O2PtSi-. The molecule has 11 heteroatoms. The van der Waals surface area contributed by atoms with E-state index in [1.807, 2.05) is 24.4 Å². The maximum Gasteiger partial charge on any atom is 0.346 e. The average Bonchev–Trinajstić information content (AvgIpc) is 3.97. The number of aromatic nitrogens is 7. The number of pyridine rings is 1. The average molecular weight is 996 g/mol. The number of phenols is 1. The van der Waals surface area contributed by atoms with Gasteiger partial charge in [-0.05, 0) is 62.9 Å². The molecule has 4 heterocycles. The first kappa shape index (κ1) is 39.9. The van der Waals surface area contributed by atoms with Crippen molar-refractivity contribution in [3.05, 3.63) is 151 Å². The van der Waals surface area contributed by atoms with Crippen LogP contribution in [0.1, 0.15) is 26.3 Å². The Labute approximate surface area is 369 Å². The molecule has 0 spiro atoms. The van der Waals surface area contributed by atoms with E-state index < -0.39 is 8.07 Å². The van der Waals surface area contributed by atoms with Gasteiger partial charge in [-0.25, -0.2) is 4.98 Å². The van der Waals surface area contributed by atoms with E-state index in [2.05, 4.69) is 170 Å². The summed E-state index contributed by atoms with van der Waals surface area (Å²) in [7, 11) is -1.74. The summed E-state index contributed by atoms with van der Waals surface area (Å²) in [6, 6.07) is 49.6. The van der Waals surface area contributed by atoms with Crippen LogP contribution in [0, 0.1) is 6.07 Å². The van der Waals surface area contributed by atoms with E-state index in [0.717, 1.165) is 66.9 Å². The number of aromatic hydroxyl groups is 1. The number of oxazole rings is 1. The van der Waals surface area contributed by atoms with Crippen LogP contribution in [-0.2, 0) is 26.5 Å². The fourth-order valence-corrected chi connectivity index (χ4v) is 9.14. The van der Waals surface area contributed by atoms with Crippen LogP contribution in [0.2, 0.25) is 19.6 Å². The smallest absolute Gasteiger partial charge is 0.346 e. The molecule has 0 bridgehead atoms. The van der Waals surface area contributed by atoms with Gasteiger partial charge in [-0.1, -0.05) is 153 Å². The largest absolute Gasteiger partial charge is 0.507 e. The number of phenolic OH excluding ortho intramolecular Hbond substituents is 1. The second-order valence-corrected chi connectivity index (χ2v) is 22.4. The van der Waals surface area contributed by atoms with Gasteiger partial charge in [0.25, 0.3) is 0 Å². The van der Waals surface area contributed by atoms with Gasteiger partial charge in [-0.3, -0.25) is 9.55 Å². The van der Waals surface area contributed by atoms with Crippen molar-refractivity contribution in [2.45, 2.75) is 45.8 Å². The molecule has 0 aliphatic carbocycles. The van der Waals surface area contributed by atoms with Gasteiger partial charge in [0.05, 0.1) is 24.8 Å². The van der Waals surface area contributed by atoms with Crippen LogP contribution in [0.25, 0.3) is 89.7 Å². The predicted octanol–water partition coefficient (Wildman–Crippen LogP) is 11.3. The van der Waals surface area contributed by atoms with Crippen LogP contribution in [0.3, 0.4) is 0 Å². The maximum atomic E-state index is 11.9. The number of tetrazole rings is 1. The zero-order valence-corrected chi connectivity index (χ0v) is 37.9. The Morgan fingerprint density at radius 2 is 1.44 bits per heavy atom. The zero-order chi connectivity index (χ0) is 41.3. The van der Waals surface area contributed by atoms with E-state index in [1.54, 1.807) is 12.1 Å². The van der Waals surface area contributed by atoms with Crippen LogP contribution in [0.4, 0.5) is 0 Å². The number of rotatable bonds is 7. The summed E-state index contributed by atoms with van der Waals surface area (Å²) < 4.78 is 9.99. The monoisotopic (exact) mass is 995 g/mol. The third kappa shape index (κ3) is 7.09. The standard InChI is InChI=1S/C50H42N7O2Si.Pt/c1-50(2,3)36-27-34(26-35(28-36)40-29-33(24-25-51-40)31-14-9-7-10-15-31)38-18-13-19-42-46(38)52-48(45-44(58)23-22-43-47(45)59-49-53-54-55-57(43)49)56(42)41-21-20-37(60(4,5)6)30-39(41)32-16-11-8-12-17-32;/h7-25,27-30,58H,1-6H3;/q-1;. The molecule has 10 aromatic rings. The Morgan fingerprint density at radius 3 is 2.18 bits per heavy atom. The van der Waals surface area contributed by atoms with E-state index in [0.29, 0.717) is 22.5 Å². The molecule has 0 saturated carbocycles. The Balaban J connectivity index is 0.00000476. The second-order valence-electron chi connectivity index (χ2n) is 17.3. The van der Waals surface area contributed by atoms with E-state index >= 15 is 0 Å². The van der Waals surface area contributed by atoms with Crippen molar-refractivity contribution in [3.63, 3.8) is 0 Å². The van der Waals surface area contributed by atoms with E-state index in [1.165, 1.54) is 9.70 Å². The van der Waals surface area contributed by atoms with Gasteiger partial charge in [-0.15, -0.1) is 29.3 Å².